The molecule has 1 saturated heterocycles. The monoisotopic (exact) mass is 439 g/mol. The molecular formula is C25H23F2NO4. The van der Waals surface area contributed by atoms with Gasteiger partial charge in [0.25, 0.3) is 5.92 Å². The molecule has 4 rings (SSSR count). The number of amides is 1. The van der Waals surface area contributed by atoms with Crippen LogP contribution in [0.25, 0.3) is 0 Å². The smallest absolute Gasteiger partial charge is 0.415 e. The van der Waals surface area contributed by atoms with Gasteiger partial charge in [-0.1, -0.05) is 42.5 Å². The molecule has 1 aliphatic rings. The van der Waals surface area contributed by atoms with Gasteiger partial charge >= 0.3 is 6.09 Å². The van der Waals surface area contributed by atoms with E-state index in [-0.39, 0.29) is 12.2 Å². The Morgan fingerprint density at radius 2 is 1.66 bits per heavy atom. The third-order valence-electron chi connectivity index (χ3n) is 5.58. The van der Waals surface area contributed by atoms with Crippen molar-refractivity contribution in [3.8, 4) is 11.5 Å². The summed E-state index contributed by atoms with van der Waals surface area (Å²) >= 11 is 0. The third-order valence-corrected chi connectivity index (χ3v) is 5.58. The number of phenolic OH excluding ortho intramolecular Hbond substituents is 1. The molecule has 0 radical (unpaired) electrons. The number of phenols is 1. The van der Waals surface area contributed by atoms with E-state index in [1.54, 1.807) is 48.5 Å². The Morgan fingerprint density at radius 3 is 2.28 bits per heavy atom. The topological polar surface area (TPSA) is 59.0 Å². The molecular weight excluding hydrogens is 416 g/mol. The number of anilines is 1. The van der Waals surface area contributed by atoms with Gasteiger partial charge in [-0.15, -0.1) is 0 Å². The van der Waals surface area contributed by atoms with E-state index in [1.807, 2.05) is 6.07 Å². The quantitative estimate of drug-likeness (QED) is 0.510. The molecule has 7 heteroatoms. The summed E-state index contributed by atoms with van der Waals surface area (Å²) in [7, 11) is 1.50. The first-order valence-corrected chi connectivity index (χ1v) is 10.2. The molecule has 3 aromatic carbocycles. The van der Waals surface area contributed by atoms with Crippen molar-refractivity contribution in [3.63, 3.8) is 0 Å². The maximum Gasteiger partial charge on any atom is 0.415 e. The van der Waals surface area contributed by atoms with E-state index in [4.69, 9.17) is 9.47 Å². The van der Waals surface area contributed by atoms with Gasteiger partial charge in [0.05, 0.1) is 7.11 Å². The van der Waals surface area contributed by atoms with Gasteiger partial charge in [0.1, 0.15) is 17.5 Å². The lowest BCUT2D eigenvalue weighted by Crippen LogP contribution is -2.48. The molecule has 0 unspecified atom stereocenters. The Morgan fingerprint density at radius 1 is 1.00 bits per heavy atom. The number of cyclic esters (lactones) is 1. The Hall–Kier alpha value is -3.61. The van der Waals surface area contributed by atoms with E-state index in [0.717, 1.165) is 10.5 Å². The van der Waals surface area contributed by atoms with Crippen LogP contribution in [0.3, 0.4) is 0 Å². The average molecular weight is 439 g/mol. The zero-order valence-corrected chi connectivity index (χ0v) is 17.4. The maximum absolute atomic E-state index is 15.7. The van der Waals surface area contributed by atoms with Crippen molar-refractivity contribution in [2.45, 2.75) is 30.9 Å². The number of carbonyl (C=O) groups excluding carboxylic acids is 1. The molecule has 1 amide bonds. The zero-order valence-electron chi connectivity index (χ0n) is 17.4. The van der Waals surface area contributed by atoms with Crippen molar-refractivity contribution in [2.24, 2.45) is 0 Å². The number of rotatable bonds is 7. The fraction of sp³-hybridized carbons (Fsp3) is 0.240. The van der Waals surface area contributed by atoms with Crippen molar-refractivity contribution in [1.82, 2.24) is 0 Å². The highest BCUT2D eigenvalue weighted by atomic mass is 19.3. The molecule has 0 aliphatic carbocycles. The van der Waals surface area contributed by atoms with Crippen molar-refractivity contribution in [2.75, 3.05) is 12.0 Å². The molecule has 32 heavy (non-hydrogen) atoms. The lowest BCUT2D eigenvalue weighted by atomic mass is 9.92. The lowest BCUT2D eigenvalue weighted by molar-refractivity contribution is -0.0537. The number of hydrogen-bond donors (Lipinski definition) is 1. The molecule has 1 N–H and O–H groups in total. The predicted octanol–water partition coefficient (Wildman–Crippen LogP) is 5.74. The van der Waals surface area contributed by atoms with E-state index in [1.165, 1.54) is 31.4 Å². The normalized spacial score (nSPS) is 18.5. The molecule has 1 heterocycles. The van der Waals surface area contributed by atoms with Gasteiger partial charge in [0.2, 0.25) is 0 Å². The minimum Gasteiger partial charge on any atom is -0.508 e. The predicted molar refractivity (Wildman–Crippen MR) is 116 cm³/mol. The summed E-state index contributed by atoms with van der Waals surface area (Å²) in [5.41, 5.74) is 1.47. The highest BCUT2D eigenvalue weighted by Crippen LogP contribution is 2.45. The summed E-state index contributed by atoms with van der Waals surface area (Å²) in [4.78, 5) is 13.8. The highest BCUT2D eigenvalue weighted by Gasteiger charge is 2.56. The van der Waals surface area contributed by atoms with Crippen LogP contribution in [-0.2, 0) is 11.2 Å². The van der Waals surface area contributed by atoms with Gasteiger partial charge in [-0.25, -0.2) is 13.6 Å². The van der Waals surface area contributed by atoms with E-state index in [2.05, 4.69) is 0 Å². The van der Waals surface area contributed by atoms with E-state index in [0.29, 0.717) is 17.0 Å². The number of ether oxygens (including phenoxy) is 2. The number of halogens is 2. The van der Waals surface area contributed by atoms with E-state index >= 15 is 8.78 Å². The van der Waals surface area contributed by atoms with Crippen LogP contribution in [0, 0.1) is 0 Å². The second kappa shape index (κ2) is 8.86. The van der Waals surface area contributed by atoms with Crippen LogP contribution < -0.4 is 9.64 Å². The fourth-order valence-electron chi connectivity index (χ4n) is 3.92. The SMILES string of the molecule is COc1ccc(N2C(=O)O[C@@H](c3ccc(O)cc3)[C@@H]2C(F)(F)CCc2ccccc2)cc1. The molecule has 0 saturated carbocycles. The highest BCUT2D eigenvalue weighted by molar-refractivity contribution is 5.91. The zero-order chi connectivity index (χ0) is 22.7. The average Bonchev–Trinajstić information content (AvgIpc) is 3.17. The van der Waals surface area contributed by atoms with Crippen LogP contribution in [-0.4, -0.2) is 30.3 Å². The summed E-state index contributed by atoms with van der Waals surface area (Å²) in [5, 5.41) is 9.59. The van der Waals surface area contributed by atoms with Crippen molar-refractivity contribution in [3.05, 3.63) is 90.0 Å². The Kier molecular flexibility index (Phi) is 5.99. The first-order valence-electron chi connectivity index (χ1n) is 10.2. The van der Waals surface area contributed by atoms with Crippen LogP contribution >= 0.6 is 0 Å². The summed E-state index contributed by atoms with van der Waals surface area (Å²) < 4.78 is 42.1. The molecule has 166 valence electrons. The van der Waals surface area contributed by atoms with Crippen molar-refractivity contribution in [1.29, 1.82) is 0 Å². The summed E-state index contributed by atoms with van der Waals surface area (Å²) in [6.45, 7) is 0. The second-order valence-electron chi connectivity index (χ2n) is 7.66. The van der Waals surface area contributed by atoms with Crippen LogP contribution in [0.2, 0.25) is 0 Å². The molecule has 2 atom stereocenters. The van der Waals surface area contributed by atoms with Crippen LogP contribution in [0.15, 0.2) is 78.9 Å². The Bertz CT molecular complexity index is 1060. The minimum atomic E-state index is -3.26. The van der Waals surface area contributed by atoms with Gasteiger partial charge in [-0.05, 0) is 53.9 Å². The Labute approximate surface area is 184 Å². The Balaban J connectivity index is 1.70. The molecule has 1 fully saturated rings. The van der Waals surface area contributed by atoms with E-state index < -0.39 is 30.6 Å². The minimum absolute atomic E-state index is 0.00234. The third kappa shape index (κ3) is 4.37. The lowest BCUT2D eigenvalue weighted by Gasteiger charge is -2.32. The number of carbonyl (C=O) groups is 1. The molecule has 1 aliphatic heterocycles. The maximum atomic E-state index is 15.7. The number of aryl methyl sites for hydroxylation is 1. The van der Waals surface area contributed by atoms with Crippen LogP contribution in [0.1, 0.15) is 23.7 Å². The summed E-state index contributed by atoms with van der Waals surface area (Å²) in [6, 6.07) is 19.6. The second-order valence-corrected chi connectivity index (χ2v) is 7.66. The molecule has 3 aromatic rings. The van der Waals surface area contributed by atoms with Gasteiger partial charge in [-0.2, -0.15) is 0 Å². The molecule has 0 aromatic heterocycles. The number of methoxy groups -OCH3 is 1. The van der Waals surface area contributed by atoms with Gasteiger partial charge in [-0.3, -0.25) is 4.90 Å². The molecule has 5 nitrogen and oxygen atoms in total. The molecule has 0 bridgehead atoms. The molecule has 0 spiro atoms. The van der Waals surface area contributed by atoms with Gasteiger partial charge in [0.15, 0.2) is 6.10 Å². The van der Waals surface area contributed by atoms with Crippen molar-refractivity contribution >= 4 is 11.8 Å². The number of alkyl halides is 2. The first kappa shape index (κ1) is 21.6. The summed E-state index contributed by atoms with van der Waals surface area (Å²) in [5.74, 6) is -2.72. The first-order chi connectivity index (χ1) is 15.4. The number of nitrogens with zero attached hydrogens (tertiary/aromatic N) is 1. The number of hydrogen-bond acceptors (Lipinski definition) is 4. The fourth-order valence-corrected chi connectivity index (χ4v) is 3.92. The van der Waals surface area contributed by atoms with Crippen molar-refractivity contribution < 1.29 is 28.2 Å². The number of benzene rings is 3. The van der Waals surface area contributed by atoms with Crippen LogP contribution in [0.5, 0.6) is 11.5 Å². The number of aromatic hydroxyl groups is 1. The van der Waals surface area contributed by atoms with Crippen LogP contribution in [0.4, 0.5) is 19.3 Å². The van der Waals surface area contributed by atoms with E-state index in [9.17, 15) is 9.90 Å². The standard InChI is InChI=1S/C25H23F2NO4/c1-31-21-13-9-19(10-14-21)28-23(25(26,27)16-15-17-5-3-2-4-6-17)22(32-24(28)30)18-7-11-20(29)12-8-18/h2-14,22-23,29H,15-16H2,1H3/t22-,23+/m0/s1. The van der Waals surface area contributed by atoms with Gasteiger partial charge < -0.3 is 14.6 Å². The van der Waals surface area contributed by atoms with Gasteiger partial charge in [0, 0.05) is 12.1 Å². The summed E-state index contributed by atoms with van der Waals surface area (Å²) in [6.07, 6.45) is -2.36. The largest absolute Gasteiger partial charge is 0.508 e.